The molecule has 5 nitrogen and oxygen atoms in total. The minimum absolute atomic E-state index is 0.0269. The summed E-state index contributed by atoms with van der Waals surface area (Å²) >= 11 is 0. The molecule has 1 amide bonds. The zero-order chi connectivity index (χ0) is 24.4. The molecule has 3 aromatic rings. The van der Waals surface area contributed by atoms with Gasteiger partial charge >= 0.3 is 0 Å². The van der Waals surface area contributed by atoms with Crippen LogP contribution in [0.25, 0.3) is 5.76 Å². The van der Waals surface area contributed by atoms with Crippen molar-refractivity contribution in [1.82, 2.24) is 0 Å². The molecule has 34 heavy (non-hydrogen) atoms. The van der Waals surface area contributed by atoms with Crippen molar-refractivity contribution in [3.63, 3.8) is 0 Å². The summed E-state index contributed by atoms with van der Waals surface area (Å²) in [6.45, 7) is 6.47. The fourth-order valence-electron chi connectivity index (χ4n) is 4.01. The molecule has 4 rings (SSSR count). The molecule has 1 saturated heterocycles. The molecule has 1 heterocycles. The number of aryl methyl sites for hydroxylation is 1. The number of hydrogen-bond acceptors (Lipinski definition) is 4. The normalized spacial score (nSPS) is 17.4. The van der Waals surface area contributed by atoms with Gasteiger partial charge in [-0.15, -0.1) is 0 Å². The molecule has 1 atom stereocenters. The van der Waals surface area contributed by atoms with Crippen LogP contribution in [0.4, 0.5) is 10.1 Å². The maximum atomic E-state index is 13.6. The van der Waals surface area contributed by atoms with E-state index in [9.17, 15) is 19.1 Å². The van der Waals surface area contributed by atoms with Crippen molar-refractivity contribution in [2.24, 2.45) is 5.92 Å². The van der Waals surface area contributed by atoms with Crippen LogP contribution in [0.3, 0.4) is 0 Å². The van der Waals surface area contributed by atoms with Crippen molar-refractivity contribution >= 4 is 23.1 Å². The van der Waals surface area contributed by atoms with Crippen molar-refractivity contribution in [3.05, 3.63) is 101 Å². The highest BCUT2D eigenvalue weighted by Crippen LogP contribution is 2.42. The molecule has 1 aliphatic rings. The van der Waals surface area contributed by atoms with Gasteiger partial charge in [0.1, 0.15) is 17.3 Å². The van der Waals surface area contributed by atoms with Crippen LogP contribution < -0.4 is 9.64 Å². The predicted octanol–water partition coefficient (Wildman–Crippen LogP) is 5.80. The molecule has 0 aromatic heterocycles. The second kappa shape index (κ2) is 9.51. The molecule has 0 spiro atoms. The standard InChI is InChI=1S/C28H26FNO4/c1-17(2)16-34-23-9-5-8-20(15-23)26(31)24-25(19-7-4-6-18(3)14-19)30(28(33)27(24)32)22-12-10-21(29)11-13-22/h4-15,17,25,31H,16H2,1-3H3/b26-24-. The number of nitrogens with zero attached hydrogens (tertiary/aromatic N) is 1. The van der Waals surface area contributed by atoms with E-state index in [0.29, 0.717) is 35.1 Å². The number of Topliss-reactive ketones (excluding diaryl/α,β-unsaturated/α-hetero) is 1. The summed E-state index contributed by atoms with van der Waals surface area (Å²) in [5.74, 6) is -1.46. The summed E-state index contributed by atoms with van der Waals surface area (Å²) in [6.07, 6.45) is 0. The van der Waals surface area contributed by atoms with Crippen LogP contribution in [0, 0.1) is 18.7 Å². The Hall–Kier alpha value is -3.93. The number of halogens is 1. The average molecular weight is 460 g/mol. The smallest absolute Gasteiger partial charge is 0.300 e. The number of aliphatic hydroxyl groups excluding tert-OH is 1. The average Bonchev–Trinajstić information content (AvgIpc) is 3.08. The van der Waals surface area contributed by atoms with Gasteiger partial charge in [-0.25, -0.2) is 4.39 Å². The highest BCUT2D eigenvalue weighted by Gasteiger charge is 2.47. The Morgan fingerprint density at radius 3 is 2.41 bits per heavy atom. The molecule has 1 fully saturated rings. The summed E-state index contributed by atoms with van der Waals surface area (Å²) in [5.41, 5.74) is 2.31. The molecule has 1 unspecified atom stereocenters. The first-order chi connectivity index (χ1) is 16.3. The lowest BCUT2D eigenvalue weighted by atomic mass is 9.94. The van der Waals surface area contributed by atoms with Gasteiger partial charge in [0.15, 0.2) is 0 Å². The third-order valence-electron chi connectivity index (χ3n) is 5.60. The molecule has 1 aliphatic heterocycles. The minimum Gasteiger partial charge on any atom is -0.507 e. The van der Waals surface area contributed by atoms with Crippen LogP contribution in [0.15, 0.2) is 78.4 Å². The molecule has 0 saturated carbocycles. The van der Waals surface area contributed by atoms with Crippen molar-refractivity contribution < 1.29 is 23.8 Å². The quantitative estimate of drug-likeness (QED) is 0.288. The highest BCUT2D eigenvalue weighted by molar-refractivity contribution is 6.51. The number of ketones is 1. The van der Waals surface area contributed by atoms with Crippen molar-refractivity contribution in [2.45, 2.75) is 26.8 Å². The number of rotatable bonds is 6. The third-order valence-corrected chi connectivity index (χ3v) is 5.60. The van der Waals surface area contributed by atoms with Gasteiger partial charge in [-0.1, -0.05) is 55.8 Å². The first kappa shape index (κ1) is 23.2. The fourth-order valence-corrected chi connectivity index (χ4v) is 4.01. The van der Waals surface area contributed by atoms with Gasteiger partial charge in [-0.3, -0.25) is 14.5 Å². The van der Waals surface area contributed by atoms with E-state index in [0.717, 1.165) is 5.56 Å². The molecular weight excluding hydrogens is 433 g/mol. The number of amides is 1. The number of carbonyl (C=O) groups is 2. The Kier molecular flexibility index (Phi) is 6.50. The third kappa shape index (κ3) is 4.57. The van der Waals surface area contributed by atoms with Crippen LogP contribution in [0.1, 0.15) is 36.6 Å². The van der Waals surface area contributed by atoms with Crippen LogP contribution in [-0.4, -0.2) is 23.4 Å². The van der Waals surface area contributed by atoms with Crippen molar-refractivity contribution in [1.29, 1.82) is 0 Å². The van der Waals surface area contributed by atoms with E-state index < -0.39 is 23.5 Å². The van der Waals surface area contributed by atoms with Gasteiger partial charge in [0.05, 0.1) is 18.2 Å². The van der Waals surface area contributed by atoms with Gasteiger partial charge in [0.25, 0.3) is 11.7 Å². The molecule has 1 N–H and O–H groups in total. The molecule has 3 aromatic carbocycles. The van der Waals surface area contributed by atoms with E-state index in [-0.39, 0.29) is 11.3 Å². The molecule has 0 aliphatic carbocycles. The number of carbonyl (C=O) groups excluding carboxylic acids is 2. The largest absolute Gasteiger partial charge is 0.507 e. The van der Waals surface area contributed by atoms with Crippen LogP contribution in [0.5, 0.6) is 5.75 Å². The summed E-state index contributed by atoms with van der Waals surface area (Å²) < 4.78 is 19.3. The Morgan fingerprint density at radius 2 is 1.74 bits per heavy atom. The lowest BCUT2D eigenvalue weighted by Crippen LogP contribution is -2.29. The maximum Gasteiger partial charge on any atom is 0.300 e. The van der Waals surface area contributed by atoms with Crippen LogP contribution in [-0.2, 0) is 9.59 Å². The summed E-state index contributed by atoms with van der Waals surface area (Å²) in [5, 5.41) is 11.3. The lowest BCUT2D eigenvalue weighted by molar-refractivity contribution is -0.132. The summed E-state index contributed by atoms with van der Waals surface area (Å²) in [6, 6.07) is 18.7. The summed E-state index contributed by atoms with van der Waals surface area (Å²) in [7, 11) is 0. The molecule has 174 valence electrons. The van der Waals surface area contributed by atoms with Crippen molar-refractivity contribution in [2.75, 3.05) is 11.5 Å². The molecule has 6 heteroatoms. The number of hydrogen-bond donors (Lipinski definition) is 1. The van der Waals surface area contributed by atoms with Gasteiger partial charge in [-0.05, 0) is 54.8 Å². The Labute approximate surface area is 198 Å². The number of ether oxygens (including phenoxy) is 1. The SMILES string of the molecule is Cc1cccc(C2/C(=C(/O)c3cccc(OCC(C)C)c3)C(=O)C(=O)N2c2ccc(F)cc2)c1. The molecule has 0 radical (unpaired) electrons. The lowest BCUT2D eigenvalue weighted by Gasteiger charge is -2.25. The van der Waals surface area contributed by atoms with E-state index in [1.54, 1.807) is 30.3 Å². The molecule has 0 bridgehead atoms. The maximum absolute atomic E-state index is 13.6. The minimum atomic E-state index is -0.870. The van der Waals surface area contributed by atoms with E-state index >= 15 is 0 Å². The number of benzene rings is 3. The summed E-state index contributed by atoms with van der Waals surface area (Å²) in [4.78, 5) is 27.7. The first-order valence-electron chi connectivity index (χ1n) is 11.1. The van der Waals surface area contributed by atoms with E-state index in [4.69, 9.17) is 4.74 Å². The second-order valence-corrected chi connectivity index (χ2v) is 8.79. The fraction of sp³-hybridized carbons (Fsp3) is 0.214. The van der Waals surface area contributed by atoms with Crippen LogP contribution in [0.2, 0.25) is 0 Å². The van der Waals surface area contributed by atoms with E-state index in [2.05, 4.69) is 0 Å². The zero-order valence-corrected chi connectivity index (χ0v) is 19.3. The highest BCUT2D eigenvalue weighted by atomic mass is 19.1. The van der Waals surface area contributed by atoms with Gasteiger partial charge in [-0.2, -0.15) is 0 Å². The van der Waals surface area contributed by atoms with E-state index in [1.165, 1.54) is 29.2 Å². The number of anilines is 1. The monoisotopic (exact) mass is 459 g/mol. The molecular formula is C28H26FNO4. The van der Waals surface area contributed by atoms with Crippen LogP contribution >= 0.6 is 0 Å². The first-order valence-corrected chi connectivity index (χ1v) is 11.1. The Balaban J connectivity index is 1.86. The topological polar surface area (TPSA) is 66.8 Å². The second-order valence-electron chi connectivity index (χ2n) is 8.79. The Bertz CT molecular complexity index is 1260. The Morgan fingerprint density at radius 1 is 1.03 bits per heavy atom. The van der Waals surface area contributed by atoms with Gasteiger partial charge < -0.3 is 9.84 Å². The number of aliphatic hydroxyl groups is 1. The zero-order valence-electron chi connectivity index (χ0n) is 19.3. The van der Waals surface area contributed by atoms with Crippen molar-refractivity contribution in [3.8, 4) is 5.75 Å². The predicted molar refractivity (Wildman–Crippen MR) is 129 cm³/mol. The van der Waals surface area contributed by atoms with E-state index in [1.807, 2.05) is 39.0 Å². The van der Waals surface area contributed by atoms with Gasteiger partial charge in [0, 0.05) is 11.3 Å². The van der Waals surface area contributed by atoms with Gasteiger partial charge in [0.2, 0.25) is 0 Å².